The summed E-state index contributed by atoms with van der Waals surface area (Å²) in [5, 5.41) is 10.0. The maximum Gasteiger partial charge on any atom is 0.233 e. The number of phenolic OH excluding ortho intramolecular Hbond substituents is 1. The molecule has 0 bridgehead atoms. The Bertz CT molecular complexity index is 861. The first-order valence-corrected chi connectivity index (χ1v) is 9.37. The first-order chi connectivity index (χ1) is 12.6. The highest BCUT2D eigenvalue weighted by atomic mass is 32.2. The fourth-order valence-corrected chi connectivity index (χ4v) is 3.55. The summed E-state index contributed by atoms with van der Waals surface area (Å²) >= 11 is 1.53. The van der Waals surface area contributed by atoms with Gasteiger partial charge in [-0.2, -0.15) is 0 Å². The van der Waals surface area contributed by atoms with Crippen molar-refractivity contribution < 1.29 is 14.3 Å². The lowest BCUT2D eigenvalue weighted by molar-refractivity contribution is -0.129. The maximum atomic E-state index is 12.9. The van der Waals surface area contributed by atoms with E-state index in [0.717, 1.165) is 16.2 Å². The Kier molecular flexibility index (Phi) is 6.02. The number of rotatable bonds is 7. The molecule has 0 aliphatic carbocycles. The number of aryl methyl sites for hydroxylation is 1. The summed E-state index contributed by atoms with van der Waals surface area (Å²) in [4.78, 5) is 15.7. The quantitative estimate of drug-likeness (QED) is 0.619. The number of hydrogen-bond acceptors (Lipinski definition) is 4. The summed E-state index contributed by atoms with van der Waals surface area (Å²) < 4.78 is 5.40. The zero-order chi connectivity index (χ0) is 18.4. The molecule has 0 fully saturated rings. The molecule has 4 nitrogen and oxygen atoms in total. The van der Waals surface area contributed by atoms with E-state index >= 15 is 0 Å². The molecule has 0 unspecified atom stereocenters. The van der Waals surface area contributed by atoms with Gasteiger partial charge in [0.2, 0.25) is 5.91 Å². The molecule has 0 saturated carbocycles. The summed E-state index contributed by atoms with van der Waals surface area (Å²) in [6.45, 7) is 2.74. The lowest BCUT2D eigenvalue weighted by Crippen LogP contribution is -2.31. The number of amides is 1. The zero-order valence-corrected chi connectivity index (χ0v) is 15.4. The van der Waals surface area contributed by atoms with Crippen molar-refractivity contribution in [3.63, 3.8) is 0 Å². The van der Waals surface area contributed by atoms with E-state index in [0.29, 0.717) is 24.4 Å². The number of carbonyl (C=O) groups excluding carboxylic acids is 1. The average Bonchev–Trinajstić information content (AvgIpc) is 3.15. The molecule has 0 radical (unpaired) electrons. The molecule has 1 aromatic heterocycles. The van der Waals surface area contributed by atoms with E-state index in [1.807, 2.05) is 49.4 Å². The molecule has 3 aromatic rings. The second-order valence-electron chi connectivity index (χ2n) is 6.01. The summed E-state index contributed by atoms with van der Waals surface area (Å²) in [5.74, 6) is 1.24. The molecule has 0 aliphatic rings. The van der Waals surface area contributed by atoms with Crippen LogP contribution in [0, 0.1) is 6.92 Å². The van der Waals surface area contributed by atoms with E-state index in [1.165, 1.54) is 11.8 Å². The van der Waals surface area contributed by atoms with Crippen molar-refractivity contribution in [2.75, 3.05) is 5.75 Å². The molecule has 1 N–H and O–H groups in total. The van der Waals surface area contributed by atoms with Crippen LogP contribution in [0.2, 0.25) is 0 Å². The third-order valence-corrected chi connectivity index (χ3v) is 5.24. The van der Waals surface area contributed by atoms with E-state index in [1.54, 1.807) is 29.4 Å². The Hall–Kier alpha value is -2.66. The number of hydrogen-bond donors (Lipinski definition) is 1. The molecule has 1 amide bonds. The molecule has 3 rings (SSSR count). The number of para-hydroxylation sites is 1. The molecular weight excluding hydrogens is 346 g/mol. The van der Waals surface area contributed by atoms with Crippen LogP contribution in [0.5, 0.6) is 5.75 Å². The van der Waals surface area contributed by atoms with Gasteiger partial charge in [-0.1, -0.05) is 36.4 Å². The van der Waals surface area contributed by atoms with Gasteiger partial charge < -0.3 is 14.4 Å². The standard InChI is InChI=1S/C21H21NO3S/c1-16-7-2-5-11-20(16)26-15-21(24)22(14-18-9-6-12-25-18)13-17-8-3-4-10-19(17)23/h2-12,23H,13-15H2,1H3. The highest BCUT2D eigenvalue weighted by molar-refractivity contribution is 8.00. The first kappa shape index (κ1) is 18.1. The van der Waals surface area contributed by atoms with Gasteiger partial charge in [0.15, 0.2) is 0 Å². The van der Waals surface area contributed by atoms with Crippen LogP contribution in [0.25, 0.3) is 0 Å². The summed E-state index contributed by atoms with van der Waals surface area (Å²) in [7, 11) is 0. The highest BCUT2D eigenvalue weighted by Crippen LogP contribution is 2.24. The van der Waals surface area contributed by atoms with E-state index in [-0.39, 0.29) is 11.7 Å². The molecule has 0 aliphatic heterocycles. The van der Waals surface area contributed by atoms with Crippen molar-refractivity contribution in [2.45, 2.75) is 24.9 Å². The van der Waals surface area contributed by atoms with E-state index in [4.69, 9.17) is 4.42 Å². The van der Waals surface area contributed by atoms with Crippen molar-refractivity contribution in [3.05, 3.63) is 83.8 Å². The van der Waals surface area contributed by atoms with Gasteiger partial charge in [-0.15, -0.1) is 11.8 Å². The zero-order valence-electron chi connectivity index (χ0n) is 14.6. The number of carbonyl (C=O) groups is 1. The lowest BCUT2D eigenvalue weighted by atomic mass is 10.2. The Balaban J connectivity index is 1.72. The average molecular weight is 367 g/mol. The third kappa shape index (κ3) is 4.70. The predicted molar refractivity (Wildman–Crippen MR) is 103 cm³/mol. The molecule has 1 heterocycles. The Morgan fingerprint density at radius 1 is 1.04 bits per heavy atom. The summed E-state index contributed by atoms with van der Waals surface area (Å²) in [5.41, 5.74) is 1.87. The Labute approximate surface area is 157 Å². The fourth-order valence-electron chi connectivity index (χ4n) is 2.62. The SMILES string of the molecule is Cc1ccccc1SCC(=O)N(Cc1ccco1)Cc1ccccc1O. The van der Waals surface area contributed by atoms with E-state index in [9.17, 15) is 9.90 Å². The molecule has 2 aromatic carbocycles. The largest absolute Gasteiger partial charge is 0.508 e. The molecule has 5 heteroatoms. The molecule has 0 atom stereocenters. The Morgan fingerprint density at radius 3 is 2.54 bits per heavy atom. The second kappa shape index (κ2) is 8.63. The van der Waals surface area contributed by atoms with Crippen molar-refractivity contribution in [3.8, 4) is 5.75 Å². The minimum atomic E-state index is -0.00194. The van der Waals surface area contributed by atoms with Crippen LogP contribution >= 0.6 is 11.8 Å². The van der Waals surface area contributed by atoms with E-state index < -0.39 is 0 Å². The highest BCUT2D eigenvalue weighted by Gasteiger charge is 2.18. The van der Waals surface area contributed by atoms with Gasteiger partial charge >= 0.3 is 0 Å². The van der Waals surface area contributed by atoms with Gasteiger partial charge in [0, 0.05) is 17.0 Å². The van der Waals surface area contributed by atoms with Gasteiger partial charge in [0.1, 0.15) is 11.5 Å². The van der Waals surface area contributed by atoms with Crippen LogP contribution in [0.4, 0.5) is 0 Å². The molecule has 0 saturated heterocycles. The first-order valence-electron chi connectivity index (χ1n) is 8.39. The minimum absolute atomic E-state index is 0.00194. The maximum absolute atomic E-state index is 12.9. The minimum Gasteiger partial charge on any atom is -0.508 e. The predicted octanol–water partition coefficient (Wildman–Crippen LogP) is 4.61. The number of furan rings is 1. The van der Waals surface area contributed by atoms with Crippen molar-refractivity contribution in [1.82, 2.24) is 4.90 Å². The summed E-state index contributed by atoms with van der Waals surface area (Å²) in [6.07, 6.45) is 1.60. The van der Waals surface area contributed by atoms with Crippen molar-refractivity contribution >= 4 is 17.7 Å². The second-order valence-corrected chi connectivity index (χ2v) is 7.03. The topological polar surface area (TPSA) is 53.7 Å². The van der Waals surface area contributed by atoms with Crippen LogP contribution in [0.15, 0.2) is 76.2 Å². The monoisotopic (exact) mass is 367 g/mol. The fraction of sp³-hybridized carbons (Fsp3) is 0.190. The van der Waals surface area contributed by atoms with Crippen LogP contribution in [0.1, 0.15) is 16.9 Å². The Morgan fingerprint density at radius 2 is 1.81 bits per heavy atom. The lowest BCUT2D eigenvalue weighted by Gasteiger charge is -2.22. The molecule has 134 valence electrons. The number of nitrogens with zero attached hydrogens (tertiary/aromatic N) is 1. The summed E-state index contributed by atoms with van der Waals surface area (Å²) in [6, 6.07) is 18.8. The third-order valence-electron chi connectivity index (χ3n) is 4.08. The molecule has 0 spiro atoms. The van der Waals surface area contributed by atoms with Crippen molar-refractivity contribution in [2.24, 2.45) is 0 Å². The van der Waals surface area contributed by atoms with Crippen LogP contribution in [0.3, 0.4) is 0 Å². The molecular formula is C21H21NO3S. The number of aromatic hydroxyl groups is 1. The van der Waals surface area contributed by atoms with Crippen LogP contribution in [-0.4, -0.2) is 21.7 Å². The van der Waals surface area contributed by atoms with Crippen LogP contribution in [-0.2, 0) is 17.9 Å². The van der Waals surface area contributed by atoms with E-state index in [2.05, 4.69) is 0 Å². The van der Waals surface area contributed by atoms with Gasteiger partial charge in [-0.05, 0) is 36.8 Å². The van der Waals surface area contributed by atoms with Gasteiger partial charge in [-0.25, -0.2) is 0 Å². The number of phenols is 1. The van der Waals surface area contributed by atoms with Crippen LogP contribution < -0.4 is 0 Å². The van der Waals surface area contributed by atoms with Gasteiger partial charge in [0.25, 0.3) is 0 Å². The van der Waals surface area contributed by atoms with Crippen molar-refractivity contribution in [1.29, 1.82) is 0 Å². The van der Waals surface area contributed by atoms with Gasteiger partial charge in [-0.3, -0.25) is 4.79 Å². The number of thioether (sulfide) groups is 1. The molecule has 26 heavy (non-hydrogen) atoms. The normalized spacial score (nSPS) is 10.7. The smallest absolute Gasteiger partial charge is 0.233 e. The number of benzene rings is 2. The van der Waals surface area contributed by atoms with Gasteiger partial charge in [0.05, 0.1) is 18.6 Å².